The highest BCUT2D eigenvalue weighted by Gasteiger charge is 2.28. The molecule has 1 fully saturated rings. The zero-order valence-electron chi connectivity index (χ0n) is 10.9. The zero-order chi connectivity index (χ0) is 12.7. The van der Waals surface area contributed by atoms with Crippen LogP contribution in [0.4, 0.5) is 5.13 Å². The van der Waals surface area contributed by atoms with Gasteiger partial charge in [-0.1, -0.05) is 0 Å². The normalized spacial score (nSPS) is 15.3. The highest BCUT2D eigenvalue weighted by Crippen LogP contribution is 2.44. The van der Waals surface area contributed by atoms with E-state index in [-0.39, 0.29) is 0 Å². The molecule has 96 valence electrons. The lowest BCUT2D eigenvalue weighted by Crippen LogP contribution is -2.08. The summed E-state index contributed by atoms with van der Waals surface area (Å²) in [6.45, 7) is 6.35. The molecular formula is C13H17N3S2. The lowest BCUT2D eigenvalue weighted by atomic mass is 10.3. The summed E-state index contributed by atoms with van der Waals surface area (Å²) < 4.78 is 0. The van der Waals surface area contributed by atoms with Gasteiger partial charge >= 0.3 is 0 Å². The van der Waals surface area contributed by atoms with E-state index in [1.807, 2.05) is 11.3 Å². The van der Waals surface area contributed by atoms with Gasteiger partial charge in [0.1, 0.15) is 0 Å². The summed E-state index contributed by atoms with van der Waals surface area (Å²) in [5, 5.41) is 7.78. The van der Waals surface area contributed by atoms with E-state index in [0.717, 1.165) is 22.4 Å². The second-order valence-electron chi connectivity index (χ2n) is 5.08. The Hall–Kier alpha value is -0.940. The summed E-state index contributed by atoms with van der Waals surface area (Å²) in [4.78, 5) is 10.6. The predicted octanol–water partition coefficient (Wildman–Crippen LogP) is 4.27. The quantitative estimate of drug-likeness (QED) is 0.908. The van der Waals surface area contributed by atoms with E-state index in [4.69, 9.17) is 0 Å². The molecule has 5 heteroatoms. The van der Waals surface area contributed by atoms with Crippen molar-refractivity contribution in [2.24, 2.45) is 0 Å². The Kier molecular flexibility index (Phi) is 3.11. The number of nitrogens with zero attached hydrogens (tertiary/aromatic N) is 2. The molecule has 0 aromatic carbocycles. The van der Waals surface area contributed by atoms with Gasteiger partial charge in [0.25, 0.3) is 0 Å². The Balaban J connectivity index is 1.87. The van der Waals surface area contributed by atoms with Crippen molar-refractivity contribution in [1.29, 1.82) is 0 Å². The molecule has 0 unspecified atom stereocenters. The van der Waals surface area contributed by atoms with Crippen molar-refractivity contribution in [2.45, 2.75) is 45.6 Å². The highest BCUT2D eigenvalue weighted by molar-refractivity contribution is 7.17. The maximum absolute atomic E-state index is 4.68. The van der Waals surface area contributed by atoms with Gasteiger partial charge in [-0.25, -0.2) is 9.97 Å². The maximum Gasteiger partial charge on any atom is 0.183 e. The van der Waals surface area contributed by atoms with Crippen LogP contribution in [0, 0.1) is 6.92 Å². The minimum atomic E-state index is 0.425. The molecule has 1 N–H and O–H groups in total. The molecule has 18 heavy (non-hydrogen) atoms. The molecule has 0 amide bonds. The van der Waals surface area contributed by atoms with Gasteiger partial charge in [-0.2, -0.15) is 0 Å². The number of thiazole rings is 2. The lowest BCUT2D eigenvalue weighted by Gasteiger charge is -2.04. The SMILES string of the molecule is Cc1nc(C2CC2)sc1-c1csc(NC(C)C)n1. The fourth-order valence-corrected chi connectivity index (χ4v) is 3.97. The minimum absolute atomic E-state index is 0.425. The summed E-state index contributed by atoms with van der Waals surface area (Å²) in [7, 11) is 0. The number of anilines is 1. The minimum Gasteiger partial charge on any atom is -0.359 e. The molecule has 2 heterocycles. The second kappa shape index (κ2) is 4.63. The van der Waals surface area contributed by atoms with Gasteiger partial charge in [0.05, 0.1) is 21.3 Å². The largest absolute Gasteiger partial charge is 0.359 e. The van der Waals surface area contributed by atoms with E-state index in [1.54, 1.807) is 11.3 Å². The van der Waals surface area contributed by atoms with Crippen LogP contribution in [-0.2, 0) is 0 Å². The zero-order valence-corrected chi connectivity index (χ0v) is 12.5. The highest BCUT2D eigenvalue weighted by atomic mass is 32.1. The molecule has 1 aliphatic rings. The smallest absolute Gasteiger partial charge is 0.183 e. The van der Waals surface area contributed by atoms with Crippen molar-refractivity contribution in [3.8, 4) is 10.6 Å². The van der Waals surface area contributed by atoms with Crippen LogP contribution in [0.5, 0.6) is 0 Å². The molecule has 0 aliphatic heterocycles. The van der Waals surface area contributed by atoms with Crippen LogP contribution >= 0.6 is 22.7 Å². The first-order chi connectivity index (χ1) is 8.63. The van der Waals surface area contributed by atoms with Gasteiger partial charge in [0.2, 0.25) is 0 Å². The number of nitrogens with one attached hydrogen (secondary N) is 1. The summed E-state index contributed by atoms with van der Waals surface area (Å²) in [5.74, 6) is 0.731. The summed E-state index contributed by atoms with van der Waals surface area (Å²) in [6, 6.07) is 0.425. The summed E-state index contributed by atoms with van der Waals surface area (Å²) in [5.41, 5.74) is 2.20. The van der Waals surface area contributed by atoms with Gasteiger partial charge in [-0.05, 0) is 33.6 Å². The molecule has 0 radical (unpaired) electrons. The van der Waals surface area contributed by atoms with Gasteiger partial charge < -0.3 is 5.32 Å². The Morgan fingerprint density at radius 3 is 2.78 bits per heavy atom. The molecule has 2 aromatic heterocycles. The Labute approximate surface area is 115 Å². The molecule has 0 spiro atoms. The number of hydrogen-bond acceptors (Lipinski definition) is 5. The second-order valence-corrected chi connectivity index (χ2v) is 6.97. The Bertz CT molecular complexity index is 552. The molecule has 3 nitrogen and oxygen atoms in total. The van der Waals surface area contributed by atoms with Crippen LogP contribution in [0.25, 0.3) is 10.6 Å². The predicted molar refractivity (Wildman–Crippen MR) is 78.7 cm³/mol. The van der Waals surface area contributed by atoms with Crippen molar-refractivity contribution in [1.82, 2.24) is 9.97 Å². The average Bonchev–Trinajstić information content (AvgIpc) is 2.94. The van der Waals surface area contributed by atoms with Crippen LogP contribution in [-0.4, -0.2) is 16.0 Å². The Morgan fingerprint density at radius 2 is 2.11 bits per heavy atom. The van der Waals surface area contributed by atoms with Crippen LogP contribution in [0.2, 0.25) is 0 Å². The van der Waals surface area contributed by atoms with Crippen molar-refractivity contribution in [2.75, 3.05) is 5.32 Å². The van der Waals surface area contributed by atoms with Gasteiger partial charge in [-0.3, -0.25) is 0 Å². The van der Waals surface area contributed by atoms with Crippen LogP contribution in [0.15, 0.2) is 5.38 Å². The lowest BCUT2D eigenvalue weighted by molar-refractivity contribution is 0.897. The molecule has 1 saturated carbocycles. The van der Waals surface area contributed by atoms with E-state index >= 15 is 0 Å². The number of aromatic nitrogens is 2. The Morgan fingerprint density at radius 1 is 1.33 bits per heavy atom. The summed E-state index contributed by atoms with van der Waals surface area (Å²) in [6.07, 6.45) is 2.62. The van der Waals surface area contributed by atoms with Gasteiger partial charge in [0.15, 0.2) is 5.13 Å². The first-order valence-electron chi connectivity index (χ1n) is 6.33. The third-order valence-corrected chi connectivity index (χ3v) is 5.00. The summed E-state index contributed by atoms with van der Waals surface area (Å²) >= 11 is 3.49. The number of aryl methyl sites for hydroxylation is 1. The van der Waals surface area contributed by atoms with E-state index in [1.165, 1.54) is 22.7 Å². The van der Waals surface area contributed by atoms with Gasteiger partial charge in [0, 0.05) is 17.3 Å². The molecule has 2 aromatic rings. The molecular weight excluding hydrogens is 262 g/mol. The van der Waals surface area contributed by atoms with Crippen LogP contribution in [0.3, 0.4) is 0 Å². The molecule has 1 aliphatic carbocycles. The van der Waals surface area contributed by atoms with Crippen molar-refractivity contribution < 1.29 is 0 Å². The van der Waals surface area contributed by atoms with Crippen LogP contribution in [0.1, 0.15) is 43.3 Å². The van der Waals surface area contributed by atoms with E-state index < -0.39 is 0 Å². The number of hydrogen-bond donors (Lipinski definition) is 1. The molecule has 0 bridgehead atoms. The third-order valence-electron chi connectivity index (χ3n) is 2.89. The third kappa shape index (κ3) is 2.42. The van der Waals surface area contributed by atoms with Gasteiger partial charge in [-0.15, -0.1) is 22.7 Å². The average molecular weight is 279 g/mol. The molecule has 0 saturated heterocycles. The molecule has 0 atom stereocenters. The fourth-order valence-electron chi connectivity index (χ4n) is 1.85. The van der Waals surface area contributed by atoms with E-state index in [0.29, 0.717) is 6.04 Å². The first-order valence-corrected chi connectivity index (χ1v) is 8.03. The monoisotopic (exact) mass is 279 g/mol. The first kappa shape index (κ1) is 12.1. The standard InChI is InChI=1S/C13H17N3S2/c1-7(2)14-13-16-10(6-17-13)11-8(3)15-12(18-11)9-4-5-9/h6-7,9H,4-5H2,1-3H3,(H,14,16). The maximum atomic E-state index is 4.68. The molecule has 3 rings (SSSR count). The topological polar surface area (TPSA) is 37.8 Å². The van der Waals surface area contributed by atoms with Crippen molar-refractivity contribution in [3.63, 3.8) is 0 Å². The van der Waals surface area contributed by atoms with E-state index in [9.17, 15) is 0 Å². The fraction of sp³-hybridized carbons (Fsp3) is 0.538. The van der Waals surface area contributed by atoms with Crippen molar-refractivity contribution >= 4 is 27.8 Å². The van der Waals surface area contributed by atoms with E-state index in [2.05, 4.69) is 41.4 Å². The van der Waals surface area contributed by atoms with Crippen molar-refractivity contribution in [3.05, 3.63) is 16.1 Å². The number of rotatable bonds is 4. The van der Waals surface area contributed by atoms with Crippen LogP contribution < -0.4 is 5.32 Å².